The van der Waals surface area contributed by atoms with Crippen molar-refractivity contribution in [3.63, 3.8) is 0 Å². The number of barbiturate groups is 1. The van der Waals surface area contributed by atoms with Gasteiger partial charge in [0.2, 0.25) is 0 Å². The van der Waals surface area contributed by atoms with E-state index in [2.05, 4.69) is 57.0 Å². The summed E-state index contributed by atoms with van der Waals surface area (Å²) >= 11 is 0. The molecule has 4 amide bonds. The largest absolute Gasteiger partial charge is 0.497 e. The van der Waals surface area contributed by atoms with E-state index in [4.69, 9.17) is 4.74 Å². The summed E-state index contributed by atoms with van der Waals surface area (Å²) in [6.45, 7) is 13.1. The Labute approximate surface area is 206 Å². The first-order chi connectivity index (χ1) is 16.4. The first kappa shape index (κ1) is 24.5. The number of carbonyl (C=O) groups excluding carboxylic acids is 3. The maximum Gasteiger partial charge on any atom is 0.335 e. The number of aryl methyl sites for hydroxylation is 1. The van der Waals surface area contributed by atoms with Crippen molar-refractivity contribution in [2.75, 3.05) is 16.9 Å². The second-order valence-corrected chi connectivity index (χ2v) is 10.3. The Hall–Kier alpha value is -3.61. The highest BCUT2D eigenvalue weighted by atomic mass is 16.5. The van der Waals surface area contributed by atoms with Crippen LogP contribution in [0, 0.1) is 6.92 Å². The Morgan fingerprint density at radius 1 is 1.11 bits per heavy atom. The lowest BCUT2D eigenvalue weighted by molar-refractivity contribution is -0.122. The molecule has 2 aromatic rings. The zero-order valence-electron chi connectivity index (χ0n) is 21.4. The maximum absolute atomic E-state index is 13.3. The Morgan fingerprint density at radius 3 is 2.37 bits per heavy atom. The minimum atomic E-state index is -0.770. The summed E-state index contributed by atoms with van der Waals surface area (Å²) in [5.74, 6) is -0.428. The Balaban J connectivity index is 1.77. The highest BCUT2D eigenvalue weighted by Crippen LogP contribution is 2.45. The Morgan fingerprint density at radius 2 is 1.77 bits per heavy atom. The van der Waals surface area contributed by atoms with E-state index in [0.717, 1.165) is 22.4 Å². The van der Waals surface area contributed by atoms with Gasteiger partial charge in [-0.2, -0.15) is 0 Å². The number of fused-ring (bicyclic) bond motifs is 1. The van der Waals surface area contributed by atoms with Gasteiger partial charge in [0.1, 0.15) is 11.3 Å². The molecule has 1 N–H and O–H groups in total. The van der Waals surface area contributed by atoms with Gasteiger partial charge in [0.15, 0.2) is 0 Å². The van der Waals surface area contributed by atoms with Gasteiger partial charge in [-0.25, -0.2) is 9.69 Å². The van der Waals surface area contributed by atoms with Crippen LogP contribution in [0.15, 0.2) is 42.0 Å². The molecule has 184 valence electrons. The average molecular weight is 476 g/mol. The van der Waals surface area contributed by atoms with E-state index in [1.54, 1.807) is 30.3 Å². The minimum absolute atomic E-state index is 0.0193. The number of imide groups is 2. The molecule has 2 aliphatic rings. The molecule has 2 heterocycles. The molecule has 2 aromatic carbocycles. The van der Waals surface area contributed by atoms with Crippen molar-refractivity contribution in [1.82, 2.24) is 5.32 Å². The molecule has 0 spiro atoms. The van der Waals surface area contributed by atoms with Crippen LogP contribution in [0.3, 0.4) is 0 Å². The van der Waals surface area contributed by atoms with Gasteiger partial charge in [0, 0.05) is 17.3 Å². The molecule has 1 saturated heterocycles. The van der Waals surface area contributed by atoms with Crippen molar-refractivity contribution in [3.05, 3.63) is 58.7 Å². The van der Waals surface area contributed by atoms with Crippen LogP contribution in [0.5, 0.6) is 5.75 Å². The molecule has 0 radical (unpaired) electrons. The summed E-state index contributed by atoms with van der Waals surface area (Å²) in [4.78, 5) is 42.0. The van der Waals surface area contributed by atoms with Crippen LogP contribution < -0.4 is 19.9 Å². The number of rotatable bonds is 4. The van der Waals surface area contributed by atoms with Gasteiger partial charge >= 0.3 is 6.03 Å². The lowest BCUT2D eigenvalue weighted by Crippen LogP contribution is -2.54. The number of methoxy groups -OCH3 is 1. The molecule has 7 heteroatoms. The normalized spacial score (nSPS) is 20.9. The molecule has 35 heavy (non-hydrogen) atoms. The number of amides is 4. The van der Waals surface area contributed by atoms with Gasteiger partial charge in [-0.1, -0.05) is 6.92 Å². The van der Waals surface area contributed by atoms with Crippen LogP contribution >= 0.6 is 0 Å². The van der Waals surface area contributed by atoms with Crippen LogP contribution in [-0.4, -0.2) is 36.5 Å². The summed E-state index contributed by atoms with van der Waals surface area (Å²) in [6, 6.07) is 10.3. The Bertz CT molecular complexity index is 1230. The van der Waals surface area contributed by atoms with Gasteiger partial charge in [-0.15, -0.1) is 0 Å². The fourth-order valence-electron chi connectivity index (χ4n) is 5.53. The highest BCUT2D eigenvalue weighted by Gasteiger charge is 2.39. The summed E-state index contributed by atoms with van der Waals surface area (Å²) in [7, 11) is 1.54. The number of nitrogens with zero attached hydrogens (tertiary/aromatic N) is 2. The first-order valence-corrected chi connectivity index (χ1v) is 11.9. The monoisotopic (exact) mass is 475 g/mol. The van der Waals surface area contributed by atoms with Crippen molar-refractivity contribution in [2.45, 2.75) is 65.5 Å². The van der Waals surface area contributed by atoms with Gasteiger partial charge in [-0.05, 0) is 106 Å². The third-order valence-corrected chi connectivity index (χ3v) is 6.91. The van der Waals surface area contributed by atoms with Crippen LogP contribution in [0.4, 0.5) is 16.2 Å². The van der Waals surface area contributed by atoms with E-state index in [1.807, 2.05) is 6.92 Å². The summed E-state index contributed by atoms with van der Waals surface area (Å²) in [5.41, 5.74) is 4.44. The van der Waals surface area contributed by atoms with Crippen molar-refractivity contribution in [1.29, 1.82) is 0 Å². The second-order valence-electron chi connectivity index (χ2n) is 10.3. The number of hydrogen-bond donors (Lipinski definition) is 1. The van der Waals surface area contributed by atoms with E-state index in [9.17, 15) is 14.4 Å². The predicted octanol–water partition coefficient (Wildman–Crippen LogP) is 5.17. The van der Waals surface area contributed by atoms with Crippen molar-refractivity contribution < 1.29 is 19.1 Å². The molecule has 7 nitrogen and oxygen atoms in total. The first-order valence-electron chi connectivity index (χ1n) is 11.9. The van der Waals surface area contributed by atoms with E-state index in [1.165, 1.54) is 18.4 Å². The fraction of sp³-hybridized carbons (Fsp3) is 0.393. The van der Waals surface area contributed by atoms with E-state index < -0.39 is 17.8 Å². The van der Waals surface area contributed by atoms with Crippen molar-refractivity contribution in [3.8, 4) is 5.75 Å². The number of carbonyl (C=O) groups is 3. The lowest BCUT2D eigenvalue weighted by Gasteiger charge is -2.50. The summed E-state index contributed by atoms with van der Waals surface area (Å²) in [6.07, 6.45) is 2.60. The standard InChI is InChI=1S/C28H33N3O4/c1-16(2)31-24-12-17(3)19(13-22(24)18(4)15-28(31,5)6)14-23-25(32)29-27(34)30(26(23)33)20-8-10-21(35-7)11-9-20/h8-14,16,18H,15H2,1-7H3,(H,29,32,34)/b23-14+. The van der Waals surface area contributed by atoms with E-state index >= 15 is 0 Å². The van der Waals surface area contributed by atoms with Crippen molar-refractivity contribution in [2.24, 2.45) is 0 Å². The third kappa shape index (κ3) is 4.31. The molecule has 1 fully saturated rings. The molecule has 0 aromatic heterocycles. The molecule has 0 saturated carbocycles. The Kier molecular flexibility index (Phi) is 6.21. The lowest BCUT2D eigenvalue weighted by atomic mass is 9.78. The fourth-order valence-corrected chi connectivity index (χ4v) is 5.53. The molecule has 1 unspecified atom stereocenters. The van der Waals surface area contributed by atoms with Gasteiger partial charge < -0.3 is 9.64 Å². The number of hydrogen-bond acceptors (Lipinski definition) is 5. The predicted molar refractivity (Wildman–Crippen MR) is 138 cm³/mol. The number of nitrogens with one attached hydrogen (secondary N) is 1. The second kappa shape index (κ2) is 8.87. The number of urea groups is 1. The number of anilines is 2. The SMILES string of the molecule is COc1ccc(N2C(=O)NC(=O)/C(=C\c3cc4c(cc3C)N(C(C)C)C(C)(C)CC4C)C2=O)cc1. The van der Waals surface area contributed by atoms with E-state index in [0.29, 0.717) is 23.4 Å². The van der Waals surface area contributed by atoms with Crippen LogP contribution in [-0.2, 0) is 9.59 Å². The number of benzene rings is 2. The molecule has 0 aliphatic carbocycles. The van der Waals surface area contributed by atoms with Crippen molar-refractivity contribution >= 4 is 35.3 Å². The summed E-state index contributed by atoms with van der Waals surface area (Å²) < 4.78 is 5.16. The molecule has 4 rings (SSSR count). The minimum Gasteiger partial charge on any atom is -0.497 e. The molecule has 2 aliphatic heterocycles. The van der Waals surface area contributed by atoms with E-state index in [-0.39, 0.29) is 11.1 Å². The molecule has 1 atom stereocenters. The van der Waals surface area contributed by atoms with Crippen LogP contribution in [0.25, 0.3) is 6.08 Å². The highest BCUT2D eigenvalue weighted by molar-refractivity contribution is 6.39. The zero-order chi connectivity index (χ0) is 25.7. The summed E-state index contributed by atoms with van der Waals surface area (Å²) in [5, 5.41) is 2.30. The van der Waals surface area contributed by atoms with Gasteiger partial charge in [0.25, 0.3) is 11.8 Å². The van der Waals surface area contributed by atoms with Crippen LogP contribution in [0.1, 0.15) is 63.6 Å². The molecule has 0 bridgehead atoms. The number of ether oxygens (including phenoxy) is 1. The van der Waals surface area contributed by atoms with Gasteiger partial charge in [0.05, 0.1) is 12.8 Å². The third-order valence-electron chi connectivity index (χ3n) is 6.91. The average Bonchev–Trinajstić information content (AvgIpc) is 2.76. The zero-order valence-corrected chi connectivity index (χ0v) is 21.4. The topological polar surface area (TPSA) is 79.0 Å². The smallest absolute Gasteiger partial charge is 0.335 e. The van der Waals surface area contributed by atoms with Gasteiger partial charge in [-0.3, -0.25) is 14.9 Å². The molecular formula is C28H33N3O4. The maximum atomic E-state index is 13.3. The van der Waals surface area contributed by atoms with Crippen LogP contribution in [0.2, 0.25) is 0 Å². The quantitative estimate of drug-likeness (QED) is 0.488. The molecular weight excluding hydrogens is 442 g/mol.